The summed E-state index contributed by atoms with van der Waals surface area (Å²) in [7, 11) is 0. The first kappa shape index (κ1) is 21.0. The van der Waals surface area contributed by atoms with Gasteiger partial charge in [0, 0.05) is 26.9 Å². The molecule has 0 amide bonds. The quantitative estimate of drug-likeness (QED) is 0.237. The van der Waals surface area contributed by atoms with Gasteiger partial charge >= 0.3 is 0 Å². The molecule has 0 radical (unpaired) electrons. The van der Waals surface area contributed by atoms with Crippen molar-refractivity contribution in [1.82, 2.24) is 4.57 Å². The molecule has 7 rings (SSSR count). The van der Waals surface area contributed by atoms with E-state index in [0.717, 1.165) is 21.8 Å². The Balaban J connectivity index is 1.66. The van der Waals surface area contributed by atoms with E-state index < -0.39 is 0 Å². The molecule has 170 valence electrons. The molecule has 0 saturated heterocycles. The molecule has 0 aliphatic carbocycles. The van der Waals surface area contributed by atoms with E-state index in [1.807, 2.05) is 12.1 Å². The molecule has 0 spiro atoms. The van der Waals surface area contributed by atoms with Crippen molar-refractivity contribution in [2.45, 2.75) is 0 Å². The fourth-order valence-corrected chi connectivity index (χ4v) is 5.76. The number of fused-ring (bicyclic) bond motifs is 4. The third-order valence-corrected chi connectivity index (χ3v) is 7.42. The summed E-state index contributed by atoms with van der Waals surface area (Å²) in [5.41, 5.74) is 8.09. The molecule has 36 heavy (non-hydrogen) atoms. The van der Waals surface area contributed by atoms with Crippen molar-refractivity contribution < 1.29 is 0 Å². The lowest BCUT2D eigenvalue weighted by atomic mass is 9.90. The number of benzene rings is 6. The molecule has 0 atom stereocenters. The van der Waals surface area contributed by atoms with Crippen LogP contribution in [0.1, 0.15) is 0 Å². The van der Waals surface area contributed by atoms with Crippen LogP contribution in [0.3, 0.4) is 0 Å². The van der Waals surface area contributed by atoms with Crippen LogP contribution < -0.4 is 0 Å². The molecule has 0 N–H and O–H groups in total. The Morgan fingerprint density at radius 1 is 0.417 bits per heavy atom. The third kappa shape index (κ3) is 3.17. The van der Waals surface area contributed by atoms with Crippen LogP contribution in [-0.4, -0.2) is 4.57 Å². The van der Waals surface area contributed by atoms with E-state index in [9.17, 15) is 0 Å². The first-order valence-corrected chi connectivity index (χ1v) is 12.5. The van der Waals surface area contributed by atoms with E-state index >= 15 is 0 Å². The van der Waals surface area contributed by atoms with Crippen LogP contribution in [0, 0.1) is 0 Å². The smallest absolute Gasteiger partial charge is 0.0547 e. The Hall–Kier alpha value is -4.33. The first-order valence-electron chi connectivity index (χ1n) is 12.2. The van der Waals surface area contributed by atoms with Gasteiger partial charge in [-0.15, -0.1) is 0 Å². The number of rotatable bonds is 3. The molecular weight excluding hydrogens is 458 g/mol. The summed E-state index contributed by atoms with van der Waals surface area (Å²) < 4.78 is 2.41. The van der Waals surface area contributed by atoms with Crippen LogP contribution in [0.5, 0.6) is 0 Å². The van der Waals surface area contributed by atoms with Crippen molar-refractivity contribution >= 4 is 44.2 Å². The maximum atomic E-state index is 6.73. The topological polar surface area (TPSA) is 4.93 Å². The predicted octanol–water partition coefficient (Wildman–Crippen LogP) is 9.92. The fourth-order valence-electron chi connectivity index (χ4n) is 5.53. The SMILES string of the molecule is Clc1ccccc1-c1ccccc1-c1c(-n2c3ccccc3c3ccccc32)ccc2ccccc12. The maximum absolute atomic E-state index is 6.73. The number of hydrogen-bond donors (Lipinski definition) is 0. The molecule has 2 heteroatoms. The minimum Gasteiger partial charge on any atom is -0.309 e. The second kappa shape index (κ2) is 8.41. The monoisotopic (exact) mass is 479 g/mol. The number of aromatic nitrogens is 1. The van der Waals surface area contributed by atoms with Crippen LogP contribution >= 0.6 is 11.6 Å². The van der Waals surface area contributed by atoms with E-state index in [0.29, 0.717) is 0 Å². The van der Waals surface area contributed by atoms with E-state index in [4.69, 9.17) is 11.6 Å². The van der Waals surface area contributed by atoms with Crippen molar-refractivity contribution in [2.24, 2.45) is 0 Å². The van der Waals surface area contributed by atoms with E-state index in [2.05, 4.69) is 126 Å². The lowest BCUT2D eigenvalue weighted by Crippen LogP contribution is -1.99. The number of hydrogen-bond acceptors (Lipinski definition) is 0. The third-order valence-electron chi connectivity index (χ3n) is 7.09. The van der Waals surface area contributed by atoms with Gasteiger partial charge < -0.3 is 4.57 Å². The number of nitrogens with zero attached hydrogens (tertiary/aromatic N) is 1. The molecule has 1 heterocycles. The fraction of sp³-hybridized carbons (Fsp3) is 0. The minimum atomic E-state index is 0.753. The van der Waals surface area contributed by atoms with Gasteiger partial charge in [-0.2, -0.15) is 0 Å². The zero-order valence-corrected chi connectivity index (χ0v) is 20.3. The van der Waals surface area contributed by atoms with Crippen molar-refractivity contribution in [3.63, 3.8) is 0 Å². The van der Waals surface area contributed by atoms with E-state index in [-0.39, 0.29) is 0 Å². The molecule has 1 aromatic heterocycles. The molecule has 0 bridgehead atoms. The highest BCUT2D eigenvalue weighted by Crippen LogP contribution is 2.43. The molecule has 0 fully saturated rings. The van der Waals surface area contributed by atoms with Crippen molar-refractivity contribution in [3.05, 3.63) is 138 Å². The Bertz CT molecular complexity index is 1860. The Labute approximate surface area is 214 Å². The van der Waals surface area contributed by atoms with Gasteiger partial charge in [0.2, 0.25) is 0 Å². The summed E-state index contributed by atoms with van der Waals surface area (Å²) in [5, 5.41) is 5.70. The highest BCUT2D eigenvalue weighted by molar-refractivity contribution is 6.33. The average molecular weight is 480 g/mol. The van der Waals surface area contributed by atoms with Gasteiger partial charge in [-0.05, 0) is 46.2 Å². The van der Waals surface area contributed by atoms with Gasteiger partial charge in [0.05, 0.1) is 16.7 Å². The summed E-state index contributed by atoms with van der Waals surface area (Å²) in [5.74, 6) is 0. The zero-order chi connectivity index (χ0) is 24.1. The number of para-hydroxylation sites is 2. The molecule has 1 nitrogen and oxygen atoms in total. The summed E-state index contributed by atoms with van der Waals surface area (Å²) in [4.78, 5) is 0. The van der Waals surface area contributed by atoms with Gasteiger partial charge in [0.1, 0.15) is 0 Å². The van der Waals surface area contributed by atoms with Crippen LogP contribution in [-0.2, 0) is 0 Å². The summed E-state index contributed by atoms with van der Waals surface area (Å²) in [6.45, 7) is 0. The zero-order valence-electron chi connectivity index (χ0n) is 19.5. The molecular formula is C34H22ClN. The summed E-state index contributed by atoms with van der Waals surface area (Å²) in [6.07, 6.45) is 0. The van der Waals surface area contributed by atoms with Gasteiger partial charge in [-0.25, -0.2) is 0 Å². The van der Waals surface area contributed by atoms with Crippen LogP contribution in [0.25, 0.3) is 60.5 Å². The first-order chi connectivity index (χ1) is 17.8. The van der Waals surface area contributed by atoms with Crippen molar-refractivity contribution in [3.8, 4) is 27.9 Å². The average Bonchev–Trinajstić information content (AvgIpc) is 3.27. The van der Waals surface area contributed by atoms with E-state index in [1.165, 1.54) is 43.7 Å². The minimum absolute atomic E-state index is 0.753. The summed E-state index contributed by atoms with van der Waals surface area (Å²) in [6, 6.07) is 47.2. The molecule has 0 unspecified atom stereocenters. The molecule has 0 aliphatic heterocycles. The lowest BCUT2D eigenvalue weighted by molar-refractivity contribution is 1.19. The van der Waals surface area contributed by atoms with Gasteiger partial charge in [-0.3, -0.25) is 0 Å². The summed E-state index contributed by atoms with van der Waals surface area (Å²) >= 11 is 6.73. The van der Waals surface area contributed by atoms with Crippen molar-refractivity contribution in [2.75, 3.05) is 0 Å². The van der Waals surface area contributed by atoms with Gasteiger partial charge in [-0.1, -0.05) is 121 Å². The second-order valence-corrected chi connectivity index (χ2v) is 9.48. The Kier molecular flexibility index (Phi) is 4.90. The largest absolute Gasteiger partial charge is 0.309 e. The van der Waals surface area contributed by atoms with Crippen LogP contribution in [0.4, 0.5) is 0 Å². The van der Waals surface area contributed by atoms with Crippen molar-refractivity contribution in [1.29, 1.82) is 0 Å². The molecule has 6 aromatic carbocycles. The molecule has 7 aromatic rings. The lowest BCUT2D eigenvalue weighted by Gasteiger charge is -2.19. The highest BCUT2D eigenvalue weighted by Gasteiger charge is 2.20. The van der Waals surface area contributed by atoms with Crippen LogP contribution in [0.15, 0.2) is 133 Å². The highest BCUT2D eigenvalue weighted by atomic mass is 35.5. The number of halogens is 1. The normalized spacial score (nSPS) is 11.5. The maximum Gasteiger partial charge on any atom is 0.0547 e. The Morgan fingerprint density at radius 2 is 0.944 bits per heavy atom. The van der Waals surface area contributed by atoms with Gasteiger partial charge in [0.25, 0.3) is 0 Å². The second-order valence-electron chi connectivity index (χ2n) is 9.08. The van der Waals surface area contributed by atoms with Gasteiger partial charge in [0.15, 0.2) is 0 Å². The molecule has 0 saturated carbocycles. The predicted molar refractivity (Wildman–Crippen MR) is 154 cm³/mol. The van der Waals surface area contributed by atoms with Crippen LogP contribution in [0.2, 0.25) is 5.02 Å². The molecule has 0 aliphatic rings. The standard InChI is InChI=1S/C34H22ClN/c35-30-18-8-5-14-26(30)25-13-3-4-17-29(25)34-24-12-2-1-11-23(24)21-22-33(34)36-31-19-9-6-15-27(31)28-16-7-10-20-32(28)36/h1-22H. The Morgan fingerprint density at radius 3 is 1.64 bits per heavy atom. The van der Waals surface area contributed by atoms with E-state index in [1.54, 1.807) is 0 Å².